The Hall–Kier alpha value is -2.87. The van der Waals surface area contributed by atoms with Gasteiger partial charge in [-0.1, -0.05) is 35.7 Å². The van der Waals surface area contributed by atoms with E-state index in [4.69, 9.17) is 16.1 Å². The molecule has 0 spiro atoms. The number of carbonyl (C=O) groups excluding carboxylic acids is 3. The predicted molar refractivity (Wildman–Crippen MR) is 125 cm³/mol. The van der Waals surface area contributed by atoms with Gasteiger partial charge in [0.25, 0.3) is 11.8 Å². The average molecular weight is 485 g/mol. The van der Waals surface area contributed by atoms with E-state index in [0.29, 0.717) is 54.8 Å². The number of hydrogen-bond donors (Lipinski definition) is 0. The largest absolute Gasteiger partial charge is 0.351 e. The zero-order valence-electron chi connectivity index (χ0n) is 19.3. The van der Waals surface area contributed by atoms with E-state index in [1.165, 1.54) is 0 Å². The van der Waals surface area contributed by atoms with Gasteiger partial charge in [0, 0.05) is 48.9 Å². The van der Waals surface area contributed by atoms with E-state index < -0.39 is 6.04 Å². The van der Waals surface area contributed by atoms with Crippen LogP contribution in [0.1, 0.15) is 58.7 Å². The SMILES string of the molecule is Cc1cc(C(=O)N2CCN(C(=O)C3CC4CCCCC4N3C(=O)c3cccc(Cl)c3)CC2)on1. The van der Waals surface area contributed by atoms with Crippen molar-refractivity contribution < 1.29 is 18.9 Å². The van der Waals surface area contributed by atoms with Gasteiger partial charge in [0.05, 0.1) is 5.69 Å². The molecule has 34 heavy (non-hydrogen) atoms. The standard InChI is InChI=1S/C25H29ClN4O4/c1-16-13-22(34-27-16)25(33)29-11-9-28(10-12-29)24(32)21-15-17-5-2-3-8-20(17)30(21)23(31)18-6-4-7-19(26)14-18/h4,6-7,13-14,17,20-21H,2-3,5,8-12,15H2,1H3. The molecular weight excluding hydrogens is 456 g/mol. The summed E-state index contributed by atoms with van der Waals surface area (Å²) < 4.78 is 5.10. The number of benzene rings is 1. The highest BCUT2D eigenvalue weighted by Gasteiger charge is 2.48. The molecule has 2 saturated heterocycles. The van der Waals surface area contributed by atoms with E-state index in [2.05, 4.69) is 5.16 Å². The van der Waals surface area contributed by atoms with Crippen molar-refractivity contribution in [2.75, 3.05) is 26.2 Å². The van der Waals surface area contributed by atoms with Gasteiger partial charge in [-0.3, -0.25) is 14.4 Å². The molecule has 5 rings (SSSR count). The molecule has 2 aromatic rings. The highest BCUT2D eigenvalue weighted by molar-refractivity contribution is 6.31. The molecule has 3 unspecified atom stereocenters. The van der Waals surface area contributed by atoms with Gasteiger partial charge in [0.15, 0.2) is 0 Å². The summed E-state index contributed by atoms with van der Waals surface area (Å²) in [5.74, 6) is 0.216. The van der Waals surface area contributed by atoms with Crippen molar-refractivity contribution in [1.29, 1.82) is 0 Å². The van der Waals surface area contributed by atoms with E-state index in [-0.39, 0.29) is 29.5 Å². The molecule has 0 N–H and O–H groups in total. The zero-order valence-corrected chi connectivity index (χ0v) is 20.0. The van der Waals surface area contributed by atoms with Crippen molar-refractivity contribution in [3.05, 3.63) is 52.4 Å². The Bertz CT molecular complexity index is 1090. The van der Waals surface area contributed by atoms with Gasteiger partial charge in [0.2, 0.25) is 11.7 Å². The minimum Gasteiger partial charge on any atom is -0.351 e. The third-order valence-corrected chi connectivity index (χ3v) is 7.63. The number of nitrogens with zero attached hydrogens (tertiary/aromatic N) is 4. The van der Waals surface area contributed by atoms with Crippen LogP contribution in [0.5, 0.6) is 0 Å². The lowest BCUT2D eigenvalue weighted by Crippen LogP contribution is -2.56. The molecule has 3 aliphatic rings. The summed E-state index contributed by atoms with van der Waals surface area (Å²) in [7, 11) is 0. The van der Waals surface area contributed by atoms with Gasteiger partial charge in [-0.2, -0.15) is 0 Å². The number of amides is 3. The van der Waals surface area contributed by atoms with Gasteiger partial charge in [-0.15, -0.1) is 0 Å². The number of carbonyl (C=O) groups is 3. The third kappa shape index (κ3) is 4.31. The lowest BCUT2D eigenvalue weighted by Gasteiger charge is -2.38. The second-order valence-corrected chi connectivity index (χ2v) is 9.97. The van der Waals surface area contributed by atoms with Crippen molar-refractivity contribution in [3.8, 4) is 0 Å². The molecule has 1 aromatic heterocycles. The first-order valence-electron chi connectivity index (χ1n) is 12.0. The van der Waals surface area contributed by atoms with E-state index in [0.717, 1.165) is 25.7 Å². The molecule has 1 aliphatic carbocycles. The monoisotopic (exact) mass is 484 g/mol. The maximum absolute atomic E-state index is 13.7. The molecule has 3 fully saturated rings. The molecule has 0 bridgehead atoms. The Kier molecular flexibility index (Phi) is 6.34. The van der Waals surface area contributed by atoms with Gasteiger partial charge >= 0.3 is 0 Å². The Labute approximate surface area is 203 Å². The third-order valence-electron chi connectivity index (χ3n) is 7.40. The van der Waals surface area contributed by atoms with Gasteiger partial charge < -0.3 is 19.2 Å². The van der Waals surface area contributed by atoms with Crippen LogP contribution in [-0.4, -0.2) is 75.8 Å². The predicted octanol–water partition coefficient (Wildman–Crippen LogP) is 3.39. The van der Waals surface area contributed by atoms with E-state index >= 15 is 0 Å². The molecule has 8 nitrogen and oxygen atoms in total. The van der Waals surface area contributed by atoms with Crippen LogP contribution in [-0.2, 0) is 4.79 Å². The number of rotatable bonds is 3. The molecule has 0 radical (unpaired) electrons. The fraction of sp³-hybridized carbons (Fsp3) is 0.520. The smallest absolute Gasteiger partial charge is 0.292 e. The first-order valence-corrected chi connectivity index (χ1v) is 12.4. The molecule has 180 valence electrons. The summed E-state index contributed by atoms with van der Waals surface area (Å²) in [5.41, 5.74) is 1.18. The van der Waals surface area contributed by atoms with Crippen LogP contribution < -0.4 is 0 Å². The molecular formula is C25H29ClN4O4. The summed E-state index contributed by atoms with van der Waals surface area (Å²) in [6.45, 7) is 3.48. The van der Waals surface area contributed by atoms with Crippen molar-refractivity contribution >= 4 is 29.3 Å². The molecule has 3 amide bonds. The number of aryl methyl sites for hydroxylation is 1. The van der Waals surface area contributed by atoms with Crippen molar-refractivity contribution in [2.24, 2.45) is 5.92 Å². The molecule has 3 atom stereocenters. The van der Waals surface area contributed by atoms with Crippen molar-refractivity contribution in [1.82, 2.24) is 19.9 Å². The van der Waals surface area contributed by atoms with Crippen LogP contribution in [0.3, 0.4) is 0 Å². The van der Waals surface area contributed by atoms with Gasteiger partial charge in [-0.25, -0.2) is 0 Å². The van der Waals surface area contributed by atoms with Crippen LogP contribution >= 0.6 is 11.6 Å². The van der Waals surface area contributed by atoms with Crippen LogP contribution in [0, 0.1) is 12.8 Å². The second kappa shape index (κ2) is 9.41. The van der Waals surface area contributed by atoms with Crippen LogP contribution in [0.2, 0.25) is 5.02 Å². The average Bonchev–Trinajstić information content (AvgIpc) is 3.46. The summed E-state index contributed by atoms with van der Waals surface area (Å²) >= 11 is 6.15. The summed E-state index contributed by atoms with van der Waals surface area (Å²) in [6.07, 6.45) is 4.89. The minimum absolute atomic E-state index is 0.0209. The summed E-state index contributed by atoms with van der Waals surface area (Å²) in [6, 6.07) is 8.20. The Morgan fingerprint density at radius 1 is 1.00 bits per heavy atom. The molecule has 9 heteroatoms. The van der Waals surface area contributed by atoms with Crippen LogP contribution in [0.15, 0.2) is 34.9 Å². The fourth-order valence-corrected chi connectivity index (χ4v) is 5.89. The minimum atomic E-state index is -0.473. The molecule has 1 aromatic carbocycles. The van der Waals surface area contributed by atoms with E-state index in [9.17, 15) is 14.4 Å². The van der Waals surface area contributed by atoms with Crippen LogP contribution in [0.4, 0.5) is 0 Å². The van der Waals surface area contributed by atoms with Gasteiger partial charge in [-0.05, 0) is 50.3 Å². The number of likely N-dealkylation sites (tertiary alicyclic amines) is 1. The van der Waals surface area contributed by atoms with E-state index in [1.807, 2.05) is 4.90 Å². The Morgan fingerprint density at radius 2 is 1.74 bits per heavy atom. The number of halogens is 1. The number of hydrogen-bond acceptors (Lipinski definition) is 5. The number of piperazine rings is 1. The first kappa shape index (κ1) is 22.9. The van der Waals surface area contributed by atoms with Crippen LogP contribution in [0.25, 0.3) is 0 Å². The second-order valence-electron chi connectivity index (χ2n) is 9.54. The normalized spacial score (nSPS) is 24.8. The maximum Gasteiger partial charge on any atom is 0.292 e. The van der Waals surface area contributed by atoms with Crippen molar-refractivity contribution in [2.45, 2.75) is 51.1 Å². The van der Waals surface area contributed by atoms with E-state index in [1.54, 1.807) is 47.1 Å². The van der Waals surface area contributed by atoms with Crippen molar-refractivity contribution in [3.63, 3.8) is 0 Å². The highest BCUT2D eigenvalue weighted by Crippen LogP contribution is 2.41. The van der Waals surface area contributed by atoms with Gasteiger partial charge in [0.1, 0.15) is 6.04 Å². The Morgan fingerprint density at radius 3 is 2.44 bits per heavy atom. The molecule has 3 heterocycles. The first-order chi connectivity index (χ1) is 16.4. The lowest BCUT2D eigenvalue weighted by molar-refractivity contribution is -0.137. The molecule has 1 saturated carbocycles. The number of aromatic nitrogens is 1. The highest BCUT2D eigenvalue weighted by atomic mass is 35.5. The Balaban J connectivity index is 1.30. The maximum atomic E-state index is 13.7. The lowest BCUT2D eigenvalue weighted by atomic mass is 9.84. The summed E-state index contributed by atoms with van der Waals surface area (Å²) in [4.78, 5) is 45.3. The summed E-state index contributed by atoms with van der Waals surface area (Å²) in [5, 5.41) is 4.30. The number of fused-ring (bicyclic) bond motifs is 1. The quantitative estimate of drug-likeness (QED) is 0.666. The fourth-order valence-electron chi connectivity index (χ4n) is 5.70. The zero-order chi connectivity index (χ0) is 23.8. The molecule has 2 aliphatic heterocycles. The topological polar surface area (TPSA) is 87.0 Å².